The molecule has 1 spiro atoms. The molecule has 5 rings (SSSR count). The molecule has 6 nitrogen and oxygen atoms in total. The van der Waals surface area contributed by atoms with Crippen molar-refractivity contribution in [3.05, 3.63) is 59.7 Å². The minimum absolute atomic E-state index is 0.0507. The molecule has 0 bridgehead atoms. The van der Waals surface area contributed by atoms with E-state index in [-0.39, 0.29) is 24.5 Å². The Morgan fingerprint density at radius 3 is 2.72 bits per heavy atom. The van der Waals surface area contributed by atoms with E-state index in [1.165, 1.54) is 0 Å². The highest BCUT2D eigenvalue weighted by molar-refractivity contribution is 5.75. The fraction of sp³-hybridized carbons (Fsp3) is 0.348. The molecule has 1 unspecified atom stereocenters. The van der Waals surface area contributed by atoms with E-state index in [4.69, 9.17) is 14.2 Å². The van der Waals surface area contributed by atoms with E-state index in [0.29, 0.717) is 13.1 Å². The van der Waals surface area contributed by atoms with Crippen LogP contribution < -0.4 is 19.5 Å². The molecule has 6 heteroatoms. The van der Waals surface area contributed by atoms with Crippen LogP contribution in [-0.2, 0) is 0 Å². The number of hydrogen-bond donors (Lipinski definition) is 1. The molecule has 150 valence electrons. The lowest BCUT2D eigenvalue weighted by atomic mass is 9.88. The average Bonchev–Trinajstić information content (AvgIpc) is 3.22. The van der Waals surface area contributed by atoms with E-state index in [0.717, 1.165) is 41.2 Å². The van der Waals surface area contributed by atoms with E-state index in [2.05, 4.69) is 23.5 Å². The van der Waals surface area contributed by atoms with Crippen molar-refractivity contribution in [1.82, 2.24) is 10.2 Å². The van der Waals surface area contributed by atoms with Crippen molar-refractivity contribution < 1.29 is 19.0 Å². The summed E-state index contributed by atoms with van der Waals surface area (Å²) in [4.78, 5) is 14.7. The normalized spacial score (nSPS) is 19.4. The van der Waals surface area contributed by atoms with Gasteiger partial charge in [-0.3, -0.25) is 0 Å². The van der Waals surface area contributed by atoms with Crippen LogP contribution >= 0.6 is 0 Å². The van der Waals surface area contributed by atoms with E-state index in [1.807, 2.05) is 48.2 Å². The van der Waals surface area contributed by atoms with E-state index in [1.54, 1.807) is 0 Å². The third kappa shape index (κ3) is 3.39. The molecule has 1 fully saturated rings. The van der Waals surface area contributed by atoms with Gasteiger partial charge in [0.15, 0.2) is 11.5 Å². The highest BCUT2D eigenvalue weighted by atomic mass is 16.7. The maximum absolute atomic E-state index is 12.8. The molecule has 0 aromatic heterocycles. The monoisotopic (exact) mass is 392 g/mol. The van der Waals surface area contributed by atoms with Crippen molar-refractivity contribution in [2.45, 2.75) is 31.4 Å². The smallest absolute Gasteiger partial charge is 0.317 e. The van der Waals surface area contributed by atoms with Gasteiger partial charge < -0.3 is 24.4 Å². The number of benzene rings is 2. The molecular weight excluding hydrogens is 368 g/mol. The lowest BCUT2D eigenvalue weighted by Crippen LogP contribution is -2.52. The maximum Gasteiger partial charge on any atom is 0.317 e. The van der Waals surface area contributed by atoms with E-state index < -0.39 is 0 Å². The summed E-state index contributed by atoms with van der Waals surface area (Å²) in [7, 11) is 0. The second-order valence-corrected chi connectivity index (χ2v) is 7.81. The molecule has 0 aliphatic carbocycles. The van der Waals surface area contributed by atoms with Crippen molar-refractivity contribution in [2.75, 3.05) is 19.9 Å². The number of nitrogens with zero attached hydrogens (tertiary/aromatic N) is 1. The number of likely N-dealkylation sites (tertiary alicyclic amines) is 1. The zero-order chi connectivity index (χ0) is 19.8. The van der Waals surface area contributed by atoms with Crippen LogP contribution in [0.5, 0.6) is 17.2 Å². The summed E-state index contributed by atoms with van der Waals surface area (Å²) >= 11 is 0. The Bertz CT molecular complexity index is 963. The Kier molecular flexibility index (Phi) is 4.34. The topological polar surface area (TPSA) is 60.0 Å². The first-order valence-corrected chi connectivity index (χ1v) is 10.0. The number of piperidine rings is 1. The summed E-state index contributed by atoms with van der Waals surface area (Å²) in [5.74, 6) is 2.39. The van der Waals surface area contributed by atoms with Crippen molar-refractivity contribution in [2.24, 2.45) is 0 Å². The summed E-state index contributed by atoms with van der Waals surface area (Å²) in [5, 5.41) is 3.10. The van der Waals surface area contributed by atoms with Crippen LogP contribution in [0.1, 0.15) is 36.9 Å². The van der Waals surface area contributed by atoms with Crippen LogP contribution in [0.15, 0.2) is 48.5 Å². The number of fused-ring (bicyclic) bond motifs is 2. The Hall–Kier alpha value is -3.15. The van der Waals surface area contributed by atoms with Gasteiger partial charge in [0.25, 0.3) is 0 Å². The number of para-hydroxylation sites is 1. The molecule has 0 saturated carbocycles. The zero-order valence-corrected chi connectivity index (χ0v) is 16.4. The van der Waals surface area contributed by atoms with Gasteiger partial charge in [0.1, 0.15) is 11.4 Å². The number of amides is 2. The van der Waals surface area contributed by atoms with Gasteiger partial charge in [-0.2, -0.15) is 0 Å². The van der Waals surface area contributed by atoms with Gasteiger partial charge in [-0.15, -0.1) is 0 Å². The van der Waals surface area contributed by atoms with Crippen LogP contribution in [0, 0.1) is 0 Å². The number of carbonyl (C=O) groups is 1. The van der Waals surface area contributed by atoms with Gasteiger partial charge in [0, 0.05) is 31.5 Å². The number of carbonyl (C=O) groups excluding carboxylic acids is 1. The van der Waals surface area contributed by atoms with Crippen molar-refractivity contribution in [3.8, 4) is 17.2 Å². The minimum atomic E-state index is -0.311. The first-order chi connectivity index (χ1) is 14.1. The summed E-state index contributed by atoms with van der Waals surface area (Å²) in [6.45, 7) is 3.54. The second-order valence-electron chi connectivity index (χ2n) is 7.81. The lowest BCUT2D eigenvalue weighted by molar-refractivity contribution is 0.0494. The van der Waals surface area contributed by atoms with Crippen LogP contribution in [0.3, 0.4) is 0 Å². The molecule has 2 aromatic rings. The van der Waals surface area contributed by atoms with Crippen LogP contribution in [0.4, 0.5) is 4.79 Å². The molecule has 2 aromatic carbocycles. The van der Waals surface area contributed by atoms with Crippen molar-refractivity contribution in [3.63, 3.8) is 0 Å². The fourth-order valence-corrected chi connectivity index (χ4v) is 4.11. The standard InChI is InChI=1S/C23H24N2O4/c1-16(18-6-7-20-21(14-18)28-15-27-20)24-22(26)25-12-10-23(11-13-25)9-8-17-4-2-3-5-19(17)29-23/h2-9,14,16H,10-13,15H2,1H3,(H,24,26). The predicted octanol–water partition coefficient (Wildman–Crippen LogP) is 4.13. The number of hydrogen-bond acceptors (Lipinski definition) is 4. The third-order valence-electron chi connectivity index (χ3n) is 5.93. The van der Waals surface area contributed by atoms with Crippen LogP contribution in [-0.4, -0.2) is 36.4 Å². The third-order valence-corrected chi connectivity index (χ3v) is 5.93. The fourth-order valence-electron chi connectivity index (χ4n) is 4.11. The second kappa shape index (κ2) is 7.03. The molecule has 3 aliphatic rings. The van der Waals surface area contributed by atoms with Gasteiger partial charge in [-0.25, -0.2) is 4.79 Å². The first kappa shape index (κ1) is 17.9. The first-order valence-electron chi connectivity index (χ1n) is 10.0. The SMILES string of the molecule is CC(NC(=O)N1CCC2(C=Cc3ccccc3O2)CC1)c1ccc2c(c1)OCO2. The molecule has 2 amide bonds. The summed E-state index contributed by atoms with van der Waals surface area (Å²) in [6.07, 6.45) is 5.85. The number of ether oxygens (including phenoxy) is 3. The van der Waals surface area contributed by atoms with Gasteiger partial charge in [-0.1, -0.05) is 30.3 Å². The van der Waals surface area contributed by atoms with Gasteiger partial charge in [-0.05, 0) is 36.8 Å². The summed E-state index contributed by atoms with van der Waals surface area (Å²) < 4.78 is 17.1. The molecule has 29 heavy (non-hydrogen) atoms. The maximum atomic E-state index is 12.8. The van der Waals surface area contributed by atoms with E-state index >= 15 is 0 Å². The largest absolute Gasteiger partial charge is 0.482 e. The van der Waals surface area contributed by atoms with Crippen LogP contribution in [0.2, 0.25) is 0 Å². The predicted molar refractivity (Wildman–Crippen MR) is 109 cm³/mol. The summed E-state index contributed by atoms with van der Waals surface area (Å²) in [6, 6.07) is 13.7. The zero-order valence-electron chi connectivity index (χ0n) is 16.4. The molecule has 1 atom stereocenters. The Labute approximate surface area is 170 Å². The number of nitrogens with one attached hydrogen (secondary N) is 1. The van der Waals surface area contributed by atoms with Gasteiger partial charge in [0.2, 0.25) is 6.79 Å². The minimum Gasteiger partial charge on any atom is -0.482 e. The average molecular weight is 392 g/mol. The number of rotatable bonds is 2. The molecule has 1 saturated heterocycles. The Morgan fingerprint density at radius 2 is 1.86 bits per heavy atom. The van der Waals surface area contributed by atoms with Crippen molar-refractivity contribution >= 4 is 12.1 Å². The quantitative estimate of drug-likeness (QED) is 0.835. The Balaban J connectivity index is 1.20. The highest BCUT2D eigenvalue weighted by Gasteiger charge is 2.38. The van der Waals surface area contributed by atoms with Crippen LogP contribution in [0.25, 0.3) is 6.08 Å². The molecular formula is C23H24N2O4. The lowest BCUT2D eigenvalue weighted by Gasteiger charge is -2.42. The molecule has 3 aliphatic heterocycles. The number of urea groups is 1. The Morgan fingerprint density at radius 1 is 1.07 bits per heavy atom. The van der Waals surface area contributed by atoms with Gasteiger partial charge in [0.05, 0.1) is 6.04 Å². The molecule has 1 N–H and O–H groups in total. The van der Waals surface area contributed by atoms with Gasteiger partial charge >= 0.3 is 6.03 Å². The summed E-state index contributed by atoms with van der Waals surface area (Å²) in [5.41, 5.74) is 1.79. The van der Waals surface area contributed by atoms with Crippen molar-refractivity contribution in [1.29, 1.82) is 0 Å². The highest BCUT2D eigenvalue weighted by Crippen LogP contribution is 2.37. The van der Waals surface area contributed by atoms with E-state index in [9.17, 15) is 4.79 Å². The molecule has 0 radical (unpaired) electrons. The molecule has 3 heterocycles.